The number of hydrazine groups is 1. The Balaban J connectivity index is 2.17. The van der Waals surface area contributed by atoms with E-state index in [2.05, 4.69) is 11.9 Å². The third-order valence-corrected chi connectivity index (χ3v) is 2.98. The number of fused-ring (bicyclic) bond motifs is 1. The van der Waals surface area contributed by atoms with Gasteiger partial charge >= 0.3 is 0 Å². The summed E-state index contributed by atoms with van der Waals surface area (Å²) in [5.41, 5.74) is 7.41. The molecular weight excluding hydrogens is 180 g/mol. The molecule has 0 aromatic rings. The van der Waals surface area contributed by atoms with Gasteiger partial charge in [0.1, 0.15) is 0 Å². The minimum absolute atomic E-state index is 0.230. The van der Waals surface area contributed by atoms with Crippen LogP contribution in [0.2, 0.25) is 0 Å². The second kappa shape index (κ2) is 3.42. The first kappa shape index (κ1) is 9.76. The molecule has 2 fully saturated rings. The smallest absolute Gasteiger partial charge is 0.0938 e. The number of nitrogens with zero attached hydrogens (tertiary/aromatic N) is 2. The van der Waals surface area contributed by atoms with E-state index in [0.717, 1.165) is 24.5 Å². The summed E-state index contributed by atoms with van der Waals surface area (Å²) < 4.78 is 5.72. The Hall–Kier alpha value is -0.780. The van der Waals surface area contributed by atoms with Gasteiger partial charge in [-0.25, -0.2) is 5.84 Å². The zero-order valence-corrected chi connectivity index (χ0v) is 8.73. The summed E-state index contributed by atoms with van der Waals surface area (Å²) in [6.07, 6.45) is 0.230. The van der Waals surface area contributed by atoms with E-state index >= 15 is 0 Å². The lowest BCUT2D eigenvalue weighted by atomic mass is 10.1. The quantitative estimate of drug-likeness (QED) is 0.492. The maximum Gasteiger partial charge on any atom is 0.0938 e. The summed E-state index contributed by atoms with van der Waals surface area (Å²) in [6.45, 7) is 4.29. The van der Waals surface area contributed by atoms with Crippen LogP contribution in [0.3, 0.4) is 0 Å². The van der Waals surface area contributed by atoms with Crippen LogP contribution in [0, 0.1) is 0 Å². The summed E-state index contributed by atoms with van der Waals surface area (Å²) >= 11 is 0. The number of allylic oxidation sites excluding steroid dienone is 1. The number of ether oxygens (including phenoxy) is 1. The summed E-state index contributed by atoms with van der Waals surface area (Å²) in [6, 6.07) is 0.252. The zero-order valence-electron chi connectivity index (χ0n) is 8.73. The predicted octanol–water partition coefficient (Wildman–Crippen LogP) is -0.935. The second-order valence-electron chi connectivity index (χ2n) is 4.17. The van der Waals surface area contributed by atoms with E-state index in [1.54, 1.807) is 5.01 Å². The van der Waals surface area contributed by atoms with Gasteiger partial charge < -0.3 is 20.4 Å². The van der Waals surface area contributed by atoms with E-state index in [0.29, 0.717) is 6.61 Å². The van der Waals surface area contributed by atoms with Crippen LogP contribution in [0.4, 0.5) is 0 Å². The highest BCUT2D eigenvalue weighted by Crippen LogP contribution is 2.24. The van der Waals surface area contributed by atoms with Crippen LogP contribution in [0.1, 0.15) is 6.92 Å². The Morgan fingerprint density at radius 1 is 1.50 bits per heavy atom. The molecule has 0 bridgehead atoms. The Labute approximate surface area is 84.2 Å². The van der Waals surface area contributed by atoms with Gasteiger partial charge in [0, 0.05) is 18.8 Å². The standard InChI is InChI=1S/C9H18N4O/c1-6(10)8-5-14-9-4-12(2)3-7(9)13(8)11/h7,9H,3-5,10-11H2,1-2H3/b8-6-. The highest BCUT2D eigenvalue weighted by Gasteiger charge is 2.39. The number of hydrogen-bond acceptors (Lipinski definition) is 5. The lowest BCUT2D eigenvalue weighted by Gasteiger charge is -2.37. The lowest BCUT2D eigenvalue weighted by molar-refractivity contribution is -0.0192. The summed E-state index contributed by atoms with van der Waals surface area (Å²) in [5, 5.41) is 1.78. The topological polar surface area (TPSA) is 67.8 Å². The first-order chi connectivity index (χ1) is 6.59. The Morgan fingerprint density at radius 2 is 2.21 bits per heavy atom. The fraction of sp³-hybridized carbons (Fsp3) is 0.778. The number of rotatable bonds is 0. The number of likely N-dealkylation sites (N-methyl/N-ethyl adjacent to an activating group) is 1. The normalized spacial score (nSPS) is 37.2. The molecule has 0 aromatic heterocycles. The van der Waals surface area contributed by atoms with Crippen molar-refractivity contribution in [2.45, 2.75) is 19.1 Å². The Morgan fingerprint density at radius 3 is 2.86 bits per heavy atom. The molecule has 0 amide bonds. The molecule has 5 heteroatoms. The van der Waals surface area contributed by atoms with Crippen LogP contribution in [0.5, 0.6) is 0 Å². The van der Waals surface area contributed by atoms with E-state index in [1.807, 2.05) is 6.92 Å². The van der Waals surface area contributed by atoms with Gasteiger partial charge in [-0.2, -0.15) is 0 Å². The SMILES string of the molecule is C/C(N)=C1\COC2CN(C)CC2N1N. The number of hydrogen-bond donors (Lipinski definition) is 2. The molecule has 2 heterocycles. The lowest BCUT2D eigenvalue weighted by Crippen LogP contribution is -2.53. The highest BCUT2D eigenvalue weighted by atomic mass is 16.5. The van der Waals surface area contributed by atoms with Crippen LogP contribution < -0.4 is 11.6 Å². The molecule has 4 N–H and O–H groups in total. The molecule has 0 spiro atoms. The van der Waals surface area contributed by atoms with E-state index < -0.39 is 0 Å². The molecule has 0 aromatic carbocycles. The van der Waals surface area contributed by atoms with Gasteiger partial charge in [0.05, 0.1) is 24.4 Å². The van der Waals surface area contributed by atoms with E-state index in [-0.39, 0.29) is 12.1 Å². The third kappa shape index (κ3) is 1.47. The van der Waals surface area contributed by atoms with Crippen LogP contribution in [0.15, 0.2) is 11.4 Å². The Bertz CT molecular complexity index is 262. The van der Waals surface area contributed by atoms with Crippen molar-refractivity contribution in [3.8, 4) is 0 Å². The van der Waals surface area contributed by atoms with Crippen LogP contribution in [0.25, 0.3) is 0 Å². The molecule has 80 valence electrons. The molecule has 2 aliphatic heterocycles. The van der Waals surface area contributed by atoms with Gasteiger partial charge in [-0.05, 0) is 14.0 Å². The molecule has 14 heavy (non-hydrogen) atoms. The van der Waals surface area contributed by atoms with Crippen molar-refractivity contribution >= 4 is 0 Å². The van der Waals surface area contributed by atoms with E-state index in [1.165, 1.54) is 0 Å². The average Bonchev–Trinajstić information content (AvgIpc) is 2.46. The summed E-state index contributed by atoms with van der Waals surface area (Å²) in [4.78, 5) is 2.23. The number of morpholine rings is 1. The van der Waals surface area contributed by atoms with E-state index in [4.69, 9.17) is 16.3 Å². The fourth-order valence-electron chi connectivity index (χ4n) is 2.15. The number of likely N-dealkylation sites (tertiary alicyclic amines) is 1. The van der Waals surface area contributed by atoms with Crippen LogP contribution in [-0.2, 0) is 4.74 Å². The number of nitrogens with two attached hydrogens (primary N) is 2. The second-order valence-corrected chi connectivity index (χ2v) is 4.17. The average molecular weight is 198 g/mol. The van der Waals surface area contributed by atoms with Gasteiger partial charge in [-0.3, -0.25) is 0 Å². The molecule has 0 saturated carbocycles. The molecule has 2 aliphatic rings. The zero-order chi connectivity index (χ0) is 10.3. The van der Waals surface area contributed by atoms with Gasteiger partial charge in [0.15, 0.2) is 0 Å². The summed E-state index contributed by atoms with van der Waals surface area (Å²) in [5.74, 6) is 6.02. The third-order valence-electron chi connectivity index (χ3n) is 2.98. The molecule has 2 unspecified atom stereocenters. The minimum atomic E-state index is 0.230. The van der Waals surface area contributed by atoms with Gasteiger partial charge in [-0.1, -0.05) is 0 Å². The van der Waals surface area contributed by atoms with Gasteiger partial charge in [-0.15, -0.1) is 0 Å². The van der Waals surface area contributed by atoms with Crippen molar-refractivity contribution < 1.29 is 4.74 Å². The first-order valence-electron chi connectivity index (χ1n) is 4.89. The maximum absolute atomic E-state index is 6.02. The molecule has 0 aliphatic carbocycles. The minimum Gasteiger partial charge on any atom is -0.401 e. The first-order valence-corrected chi connectivity index (χ1v) is 4.89. The van der Waals surface area contributed by atoms with Crippen molar-refractivity contribution in [1.29, 1.82) is 0 Å². The largest absolute Gasteiger partial charge is 0.401 e. The van der Waals surface area contributed by atoms with Crippen molar-refractivity contribution in [3.05, 3.63) is 11.4 Å². The molecule has 2 atom stereocenters. The van der Waals surface area contributed by atoms with Crippen LogP contribution in [-0.4, -0.2) is 48.8 Å². The molecule has 2 saturated heterocycles. The van der Waals surface area contributed by atoms with Gasteiger partial charge in [0.25, 0.3) is 0 Å². The monoisotopic (exact) mass is 198 g/mol. The summed E-state index contributed by atoms with van der Waals surface area (Å²) in [7, 11) is 2.08. The molecule has 0 radical (unpaired) electrons. The van der Waals surface area contributed by atoms with Gasteiger partial charge in [0.2, 0.25) is 0 Å². The highest BCUT2D eigenvalue weighted by molar-refractivity contribution is 5.13. The molecular formula is C9H18N4O. The predicted molar refractivity (Wildman–Crippen MR) is 53.9 cm³/mol. The van der Waals surface area contributed by atoms with Crippen molar-refractivity contribution in [2.75, 3.05) is 26.7 Å². The van der Waals surface area contributed by atoms with Crippen molar-refractivity contribution in [3.63, 3.8) is 0 Å². The van der Waals surface area contributed by atoms with E-state index in [9.17, 15) is 0 Å². The fourth-order valence-corrected chi connectivity index (χ4v) is 2.15. The molecule has 2 rings (SSSR count). The van der Waals surface area contributed by atoms with Crippen molar-refractivity contribution in [2.24, 2.45) is 11.6 Å². The van der Waals surface area contributed by atoms with Crippen molar-refractivity contribution in [1.82, 2.24) is 9.91 Å². The maximum atomic E-state index is 6.02. The Kier molecular flexibility index (Phi) is 2.38. The van der Waals surface area contributed by atoms with Crippen LogP contribution >= 0.6 is 0 Å². The molecule has 5 nitrogen and oxygen atoms in total.